The number of carboxylic acid groups (broad SMARTS) is 1. The number of rotatable bonds is 2. The van der Waals surface area contributed by atoms with E-state index in [-0.39, 0.29) is 4.88 Å². The minimum Gasteiger partial charge on any atom is -0.477 e. The molecular weight excluding hydrogens is 280 g/mol. The molecule has 6 heteroatoms. The number of nitrogens with two attached hydrogens (primary N) is 1. The van der Waals surface area contributed by atoms with E-state index < -0.39 is 5.97 Å². The van der Waals surface area contributed by atoms with Crippen molar-refractivity contribution in [3.8, 4) is 10.4 Å². The van der Waals surface area contributed by atoms with E-state index in [1.807, 2.05) is 30.5 Å². The highest BCUT2D eigenvalue weighted by atomic mass is 32.1. The Morgan fingerprint density at radius 1 is 1.47 bits per heavy atom. The Hall–Kier alpha value is -1.92. The van der Waals surface area contributed by atoms with Gasteiger partial charge in [0.2, 0.25) is 0 Å². The summed E-state index contributed by atoms with van der Waals surface area (Å²) in [6, 6.07) is 5.90. The van der Waals surface area contributed by atoms with Crippen molar-refractivity contribution in [3.63, 3.8) is 0 Å². The van der Waals surface area contributed by atoms with Crippen molar-refractivity contribution in [2.24, 2.45) is 0 Å². The fourth-order valence-electron chi connectivity index (χ4n) is 2.03. The first kappa shape index (κ1) is 12.1. The Labute approximate surface area is 117 Å². The molecule has 0 aromatic carbocycles. The van der Waals surface area contributed by atoms with Crippen LogP contribution in [0.2, 0.25) is 0 Å². The highest BCUT2D eigenvalue weighted by Gasteiger charge is 2.20. The molecule has 3 heterocycles. The third kappa shape index (κ3) is 1.89. The molecule has 0 saturated heterocycles. The van der Waals surface area contributed by atoms with Gasteiger partial charge in [0.05, 0.1) is 5.69 Å². The van der Waals surface area contributed by atoms with Gasteiger partial charge >= 0.3 is 5.97 Å². The van der Waals surface area contributed by atoms with Crippen LogP contribution in [0, 0.1) is 6.92 Å². The number of anilines is 1. The molecule has 3 rings (SSSR count). The summed E-state index contributed by atoms with van der Waals surface area (Å²) in [6.45, 7) is 1.90. The van der Waals surface area contributed by atoms with E-state index in [0.717, 1.165) is 32.9 Å². The zero-order valence-corrected chi connectivity index (χ0v) is 11.6. The van der Waals surface area contributed by atoms with Crippen molar-refractivity contribution in [3.05, 3.63) is 34.2 Å². The Bertz CT molecular complexity index is 776. The maximum Gasteiger partial charge on any atom is 0.348 e. The molecule has 0 spiro atoms. The van der Waals surface area contributed by atoms with Gasteiger partial charge in [-0.3, -0.25) is 0 Å². The van der Waals surface area contributed by atoms with Gasteiger partial charge in [0.1, 0.15) is 9.71 Å². The fourth-order valence-corrected chi connectivity index (χ4v) is 3.78. The zero-order chi connectivity index (χ0) is 13.6. The lowest BCUT2D eigenvalue weighted by Crippen LogP contribution is -1.97. The summed E-state index contributed by atoms with van der Waals surface area (Å²) in [4.78, 5) is 17.5. The first-order chi connectivity index (χ1) is 9.08. The van der Waals surface area contributed by atoms with Crippen LogP contribution in [0.4, 0.5) is 5.69 Å². The summed E-state index contributed by atoms with van der Waals surface area (Å²) in [7, 11) is 0. The Kier molecular flexibility index (Phi) is 2.76. The van der Waals surface area contributed by atoms with Crippen molar-refractivity contribution in [1.82, 2.24) is 4.98 Å². The number of hydrogen-bond donors (Lipinski definition) is 2. The largest absolute Gasteiger partial charge is 0.477 e. The molecule has 96 valence electrons. The molecule has 3 N–H and O–H groups in total. The van der Waals surface area contributed by atoms with E-state index in [1.54, 1.807) is 11.3 Å². The highest BCUT2D eigenvalue weighted by Crippen LogP contribution is 2.40. The molecule has 0 aliphatic rings. The molecular formula is C13H10N2O2S2. The maximum atomic E-state index is 11.2. The Morgan fingerprint density at radius 3 is 2.89 bits per heavy atom. The molecule has 0 aliphatic heterocycles. The number of thiophene rings is 2. The van der Waals surface area contributed by atoms with E-state index in [9.17, 15) is 4.79 Å². The van der Waals surface area contributed by atoms with Gasteiger partial charge in [-0.1, -0.05) is 6.07 Å². The summed E-state index contributed by atoms with van der Waals surface area (Å²) in [5.41, 5.74) is 8.11. The molecule has 3 aromatic rings. The van der Waals surface area contributed by atoms with Gasteiger partial charge in [0.25, 0.3) is 0 Å². The predicted molar refractivity (Wildman–Crippen MR) is 79.0 cm³/mol. The monoisotopic (exact) mass is 290 g/mol. The van der Waals surface area contributed by atoms with E-state index >= 15 is 0 Å². The Morgan fingerprint density at radius 2 is 2.26 bits per heavy atom. The van der Waals surface area contributed by atoms with Crippen molar-refractivity contribution >= 4 is 44.5 Å². The number of aryl methyl sites for hydroxylation is 1. The molecule has 0 saturated carbocycles. The molecule has 0 bridgehead atoms. The number of hydrogen-bond acceptors (Lipinski definition) is 5. The second-order valence-corrected chi connectivity index (χ2v) is 6.07. The first-order valence-electron chi connectivity index (χ1n) is 5.54. The van der Waals surface area contributed by atoms with Crippen molar-refractivity contribution in [2.75, 3.05) is 5.73 Å². The average Bonchev–Trinajstić information content (AvgIpc) is 2.96. The number of nitrogens with zero attached hydrogens (tertiary/aromatic N) is 1. The minimum atomic E-state index is -1.00. The summed E-state index contributed by atoms with van der Waals surface area (Å²) < 4.78 is 0. The topological polar surface area (TPSA) is 76.2 Å². The van der Waals surface area contributed by atoms with Crippen LogP contribution in [0.1, 0.15) is 15.4 Å². The molecule has 19 heavy (non-hydrogen) atoms. The van der Waals surface area contributed by atoms with Crippen LogP contribution in [0.5, 0.6) is 0 Å². The van der Waals surface area contributed by atoms with E-state index in [2.05, 4.69) is 4.98 Å². The van der Waals surface area contributed by atoms with Gasteiger partial charge in [-0.15, -0.1) is 22.7 Å². The number of carboxylic acids is 1. The minimum absolute atomic E-state index is 0.158. The average molecular weight is 290 g/mol. The number of aromatic carboxylic acids is 1. The molecule has 3 aromatic heterocycles. The third-order valence-corrected chi connectivity index (χ3v) is 4.80. The van der Waals surface area contributed by atoms with Crippen molar-refractivity contribution < 1.29 is 9.90 Å². The number of fused-ring (bicyclic) bond motifs is 1. The van der Waals surface area contributed by atoms with Gasteiger partial charge in [0.15, 0.2) is 0 Å². The molecule has 0 atom stereocenters. The van der Waals surface area contributed by atoms with E-state index in [0.29, 0.717) is 10.5 Å². The van der Waals surface area contributed by atoms with Crippen LogP contribution >= 0.6 is 22.7 Å². The third-order valence-electron chi connectivity index (χ3n) is 2.81. The molecule has 0 amide bonds. The lowest BCUT2D eigenvalue weighted by atomic mass is 10.1. The van der Waals surface area contributed by atoms with Crippen LogP contribution in [-0.4, -0.2) is 16.1 Å². The standard InChI is InChI=1S/C13H10N2O2S2/c1-6-5-7(8-3-2-4-18-8)9-10(14)11(13(16)17)19-12(9)15-6/h2-5H,14H2,1H3,(H,16,17). The van der Waals surface area contributed by atoms with Crippen LogP contribution in [0.3, 0.4) is 0 Å². The van der Waals surface area contributed by atoms with Gasteiger partial charge in [-0.05, 0) is 24.4 Å². The van der Waals surface area contributed by atoms with Crippen LogP contribution in [-0.2, 0) is 0 Å². The predicted octanol–water partition coefficient (Wildman–Crippen LogP) is 3.61. The fraction of sp³-hybridized carbons (Fsp3) is 0.0769. The molecule has 0 fully saturated rings. The SMILES string of the molecule is Cc1cc(-c2cccs2)c2c(N)c(C(=O)O)sc2n1. The normalized spacial score (nSPS) is 11.0. The highest BCUT2D eigenvalue weighted by molar-refractivity contribution is 7.21. The van der Waals surface area contributed by atoms with Crippen molar-refractivity contribution in [1.29, 1.82) is 0 Å². The molecule has 4 nitrogen and oxygen atoms in total. The zero-order valence-electron chi connectivity index (χ0n) is 10.0. The number of nitrogen functional groups attached to an aromatic ring is 1. The van der Waals surface area contributed by atoms with Gasteiger partial charge in [-0.2, -0.15) is 0 Å². The quantitative estimate of drug-likeness (QED) is 0.756. The van der Waals surface area contributed by atoms with E-state index in [1.165, 1.54) is 0 Å². The second-order valence-electron chi connectivity index (χ2n) is 4.12. The lowest BCUT2D eigenvalue weighted by Gasteiger charge is -2.03. The number of aromatic nitrogens is 1. The molecule has 0 aliphatic carbocycles. The lowest BCUT2D eigenvalue weighted by molar-refractivity contribution is 0.0703. The Balaban J connectivity index is 2.41. The van der Waals surface area contributed by atoms with Crippen molar-refractivity contribution in [2.45, 2.75) is 6.92 Å². The molecule has 0 radical (unpaired) electrons. The van der Waals surface area contributed by atoms with Crippen LogP contribution < -0.4 is 5.73 Å². The van der Waals surface area contributed by atoms with Gasteiger partial charge in [-0.25, -0.2) is 9.78 Å². The summed E-state index contributed by atoms with van der Waals surface area (Å²) in [6.07, 6.45) is 0. The summed E-state index contributed by atoms with van der Waals surface area (Å²) in [5.74, 6) is -1.00. The maximum absolute atomic E-state index is 11.2. The number of pyridine rings is 1. The molecule has 0 unspecified atom stereocenters. The summed E-state index contributed by atoms with van der Waals surface area (Å²) >= 11 is 2.73. The van der Waals surface area contributed by atoms with E-state index in [4.69, 9.17) is 10.8 Å². The van der Waals surface area contributed by atoms with Crippen LogP contribution in [0.25, 0.3) is 20.7 Å². The summed E-state index contributed by atoms with van der Waals surface area (Å²) in [5, 5.41) is 11.9. The van der Waals surface area contributed by atoms with Crippen LogP contribution in [0.15, 0.2) is 23.6 Å². The number of carbonyl (C=O) groups is 1. The smallest absolute Gasteiger partial charge is 0.348 e. The van der Waals surface area contributed by atoms with Gasteiger partial charge in [0, 0.05) is 21.5 Å². The first-order valence-corrected chi connectivity index (χ1v) is 7.24. The second kappa shape index (κ2) is 4.32. The van der Waals surface area contributed by atoms with Gasteiger partial charge < -0.3 is 10.8 Å².